The zero-order chi connectivity index (χ0) is 13.5. The maximum absolute atomic E-state index is 11.7. The fourth-order valence-corrected chi connectivity index (χ4v) is 1.42. The fourth-order valence-electron chi connectivity index (χ4n) is 1.06. The van der Waals surface area contributed by atoms with Crippen molar-refractivity contribution in [3.63, 3.8) is 0 Å². The van der Waals surface area contributed by atoms with Gasteiger partial charge in [-0.1, -0.05) is 24.6 Å². The third kappa shape index (κ3) is 4.68. The molecule has 2 amide bonds. The number of hydrazine groups is 1. The first kappa shape index (κ1) is 14.4. The van der Waals surface area contributed by atoms with Crippen LogP contribution in [0, 0.1) is 0 Å². The van der Waals surface area contributed by atoms with Gasteiger partial charge in [0, 0.05) is 17.0 Å². The molecule has 0 bridgehead atoms. The largest absolute Gasteiger partial charge is 0.302 e. The molecule has 5 nitrogen and oxygen atoms in total. The lowest BCUT2D eigenvalue weighted by Gasteiger charge is -2.10. The lowest BCUT2D eigenvalue weighted by atomic mass is 10.2. The molecular weight excluding hydrogens is 274 g/mol. The van der Waals surface area contributed by atoms with Crippen molar-refractivity contribution in [3.05, 3.63) is 34.9 Å². The molecule has 0 heterocycles. The number of amides is 2. The van der Waals surface area contributed by atoms with Gasteiger partial charge in [0.25, 0.3) is 5.91 Å². The van der Waals surface area contributed by atoms with Crippen molar-refractivity contribution in [2.75, 3.05) is 0 Å². The molecule has 1 rings (SSSR count). The summed E-state index contributed by atoms with van der Waals surface area (Å²) in [6.45, 7) is 1.70. The maximum Gasteiger partial charge on any atom is 0.269 e. The summed E-state index contributed by atoms with van der Waals surface area (Å²) in [5, 5.41) is 2.89. The quantitative estimate of drug-likeness (QED) is 0.567. The molecule has 3 N–H and O–H groups in total. The predicted molar refractivity (Wildman–Crippen MR) is 73.1 cm³/mol. The van der Waals surface area contributed by atoms with E-state index >= 15 is 0 Å². The summed E-state index contributed by atoms with van der Waals surface area (Å²) >= 11 is 10.6. The van der Waals surface area contributed by atoms with E-state index in [9.17, 15) is 9.59 Å². The van der Waals surface area contributed by atoms with Gasteiger partial charge in [0.2, 0.25) is 5.91 Å². The van der Waals surface area contributed by atoms with E-state index in [2.05, 4.69) is 16.2 Å². The molecule has 0 radical (unpaired) electrons. The van der Waals surface area contributed by atoms with E-state index in [1.54, 1.807) is 25.1 Å². The summed E-state index contributed by atoms with van der Waals surface area (Å²) in [6.07, 6.45) is 0.310. The number of thiocarbonyl (C=S) groups is 1. The summed E-state index contributed by atoms with van der Waals surface area (Å²) in [6, 6.07) is 6.45. The van der Waals surface area contributed by atoms with Gasteiger partial charge in [0.15, 0.2) is 5.11 Å². The summed E-state index contributed by atoms with van der Waals surface area (Å²) in [5.74, 6) is -0.630. The molecule has 0 fully saturated rings. The Morgan fingerprint density at radius 1 is 1.33 bits per heavy atom. The van der Waals surface area contributed by atoms with Crippen molar-refractivity contribution in [3.8, 4) is 0 Å². The maximum atomic E-state index is 11.7. The highest BCUT2D eigenvalue weighted by molar-refractivity contribution is 7.80. The Hall–Kier alpha value is -1.66. The average Bonchev–Trinajstić information content (AvgIpc) is 2.35. The second-order valence-electron chi connectivity index (χ2n) is 3.32. The van der Waals surface area contributed by atoms with Gasteiger partial charge in [-0.2, -0.15) is 0 Å². The second kappa shape index (κ2) is 6.93. The molecule has 0 aromatic heterocycles. The Bertz CT molecular complexity index is 479. The van der Waals surface area contributed by atoms with Gasteiger partial charge < -0.3 is 5.32 Å². The molecule has 96 valence electrons. The third-order valence-corrected chi connectivity index (χ3v) is 2.39. The first-order valence-corrected chi connectivity index (χ1v) is 5.97. The first-order valence-electron chi connectivity index (χ1n) is 5.18. The fraction of sp³-hybridized carbons (Fsp3) is 0.182. The van der Waals surface area contributed by atoms with Crippen LogP contribution < -0.4 is 16.2 Å². The van der Waals surface area contributed by atoms with E-state index in [0.29, 0.717) is 17.0 Å². The lowest BCUT2D eigenvalue weighted by molar-refractivity contribution is -0.119. The molecular formula is C11H12ClN3O2S. The van der Waals surface area contributed by atoms with Crippen LogP contribution in [-0.2, 0) is 4.79 Å². The summed E-state index contributed by atoms with van der Waals surface area (Å²) in [4.78, 5) is 22.7. The van der Waals surface area contributed by atoms with Crippen molar-refractivity contribution in [1.82, 2.24) is 16.2 Å². The molecule has 0 atom stereocenters. The number of hydrogen-bond acceptors (Lipinski definition) is 3. The van der Waals surface area contributed by atoms with Crippen LogP contribution in [0.15, 0.2) is 24.3 Å². The van der Waals surface area contributed by atoms with Crippen LogP contribution in [0.3, 0.4) is 0 Å². The average molecular weight is 286 g/mol. The number of nitrogens with one attached hydrogen (secondary N) is 3. The minimum absolute atomic E-state index is 0.0391. The van der Waals surface area contributed by atoms with Gasteiger partial charge >= 0.3 is 0 Å². The van der Waals surface area contributed by atoms with E-state index in [4.69, 9.17) is 23.8 Å². The third-order valence-electron chi connectivity index (χ3n) is 1.95. The number of benzene rings is 1. The molecule has 1 aromatic rings. The molecule has 0 saturated carbocycles. The number of carbonyl (C=O) groups excluding carboxylic acids is 2. The van der Waals surface area contributed by atoms with Gasteiger partial charge in [-0.3, -0.25) is 20.4 Å². The van der Waals surface area contributed by atoms with Crippen LogP contribution in [0.1, 0.15) is 23.7 Å². The van der Waals surface area contributed by atoms with Crippen molar-refractivity contribution in [2.24, 2.45) is 0 Å². The van der Waals surface area contributed by atoms with E-state index in [0.717, 1.165) is 0 Å². The van der Waals surface area contributed by atoms with Crippen LogP contribution in [-0.4, -0.2) is 16.9 Å². The molecule has 0 unspecified atom stereocenters. The Morgan fingerprint density at radius 3 is 2.67 bits per heavy atom. The Kier molecular flexibility index (Phi) is 5.54. The normalized spacial score (nSPS) is 9.44. The molecule has 1 aromatic carbocycles. The van der Waals surface area contributed by atoms with Crippen molar-refractivity contribution in [2.45, 2.75) is 13.3 Å². The van der Waals surface area contributed by atoms with Crippen LogP contribution in [0.5, 0.6) is 0 Å². The van der Waals surface area contributed by atoms with Crippen LogP contribution in [0.2, 0.25) is 5.02 Å². The summed E-state index contributed by atoms with van der Waals surface area (Å²) in [7, 11) is 0. The Balaban J connectivity index is 2.46. The highest BCUT2D eigenvalue weighted by atomic mass is 35.5. The van der Waals surface area contributed by atoms with Crippen LogP contribution in [0.25, 0.3) is 0 Å². The lowest BCUT2D eigenvalue weighted by Crippen LogP contribution is -2.48. The molecule has 0 aliphatic carbocycles. The van der Waals surface area contributed by atoms with Gasteiger partial charge in [0.1, 0.15) is 0 Å². The van der Waals surface area contributed by atoms with E-state index in [1.807, 2.05) is 0 Å². The number of halogens is 1. The van der Waals surface area contributed by atoms with E-state index in [1.165, 1.54) is 6.07 Å². The molecule has 18 heavy (non-hydrogen) atoms. The molecule has 0 aliphatic heterocycles. The van der Waals surface area contributed by atoms with Crippen molar-refractivity contribution in [1.29, 1.82) is 0 Å². The predicted octanol–water partition coefficient (Wildman–Crippen LogP) is 1.39. The Morgan fingerprint density at radius 2 is 2.06 bits per heavy atom. The van der Waals surface area contributed by atoms with Crippen LogP contribution >= 0.6 is 23.8 Å². The minimum atomic E-state index is -0.398. The van der Waals surface area contributed by atoms with Crippen molar-refractivity contribution >= 4 is 40.7 Å². The molecule has 0 spiro atoms. The van der Waals surface area contributed by atoms with Gasteiger partial charge in [-0.05, 0) is 30.4 Å². The van der Waals surface area contributed by atoms with E-state index < -0.39 is 5.91 Å². The Labute approximate surface area is 115 Å². The highest BCUT2D eigenvalue weighted by Crippen LogP contribution is 2.09. The molecule has 7 heteroatoms. The van der Waals surface area contributed by atoms with Gasteiger partial charge in [0.05, 0.1) is 0 Å². The zero-order valence-corrected chi connectivity index (χ0v) is 11.2. The smallest absolute Gasteiger partial charge is 0.269 e. The van der Waals surface area contributed by atoms with Crippen molar-refractivity contribution < 1.29 is 9.59 Å². The summed E-state index contributed by atoms with van der Waals surface area (Å²) < 4.78 is 0. The van der Waals surface area contributed by atoms with Gasteiger partial charge in [-0.25, -0.2) is 0 Å². The molecule has 0 saturated heterocycles. The van der Waals surface area contributed by atoms with Crippen LogP contribution in [0.4, 0.5) is 0 Å². The van der Waals surface area contributed by atoms with Gasteiger partial charge in [-0.15, -0.1) is 0 Å². The number of hydrogen-bond donors (Lipinski definition) is 3. The highest BCUT2D eigenvalue weighted by Gasteiger charge is 2.06. The zero-order valence-electron chi connectivity index (χ0n) is 9.62. The molecule has 0 aliphatic rings. The number of rotatable bonds is 2. The minimum Gasteiger partial charge on any atom is -0.302 e. The summed E-state index contributed by atoms with van der Waals surface area (Å²) in [5.41, 5.74) is 5.16. The SMILES string of the molecule is CCC(=O)NC(=S)NNC(=O)c1cccc(Cl)c1. The number of carbonyl (C=O) groups is 2. The standard InChI is InChI=1S/C11H12ClN3O2S/c1-2-9(16)13-11(18)15-14-10(17)7-4-3-5-8(12)6-7/h3-6H,2H2,1H3,(H,14,17)(H2,13,15,16,18). The first-order chi connectivity index (χ1) is 8.52. The topological polar surface area (TPSA) is 70.2 Å². The second-order valence-corrected chi connectivity index (χ2v) is 4.17. The van der Waals surface area contributed by atoms with E-state index in [-0.39, 0.29) is 11.0 Å². The monoisotopic (exact) mass is 285 g/mol.